The predicted molar refractivity (Wildman–Crippen MR) is 45.7 cm³/mol. The number of hydrogen-bond acceptors (Lipinski definition) is 4. The maximum absolute atomic E-state index is 5.57. The summed E-state index contributed by atoms with van der Waals surface area (Å²) >= 11 is 0. The van der Waals surface area contributed by atoms with E-state index in [-0.39, 0.29) is 24.4 Å². The fourth-order valence-corrected chi connectivity index (χ4v) is 1.99. The van der Waals surface area contributed by atoms with Gasteiger partial charge in [0.1, 0.15) is 24.4 Å². The molecule has 2 aliphatic heterocycles. The van der Waals surface area contributed by atoms with Gasteiger partial charge in [0.2, 0.25) is 0 Å². The highest BCUT2D eigenvalue weighted by Crippen LogP contribution is 2.29. The Morgan fingerprint density at radius 3 is 2.38 bits per heavy atom. The summed E-state index contributed by atoms with van der Waals surface area (Å²) in [6, 6.07) is 0. The molecule has 13 heavy (non-hydrogen) atoms. The molecular weight excluding hydrogens is 172 g/mol. The summed E-state index contributed by atoms with van der Waals surface area (Å²) in [4.78, 5) is 0. The summed E-state index contributed by atoms with van der Waals surface area (Å²) < 4.78 is 21.9. The molecule has 0 spiro atoms. The van der Waals surface area contributed by atoms with Crippen LogP contribution in [-0.4, -0.2) is 51.3 Å². The summed E-state index contributed by atoms with van der Waals surface area (Å²) in [5.74, 6) is 0. The zero-order chi connectivity index (χ0) is 9.26. The number of rotatable bonds is 3. The van der Waals surface area contributed by atoms with Gasteiger partial charge in [-0.3, -0.25) is 0 Å². The van der Waals surface area contributed by atoms with Crippen LogP contribution in [0.5, 0.6) is 0 Å². The summed E-state index contributed by atoms with van der Waals surface area (Å²) in [7, 11) is 1.69. The molecule has 2 heterocycles. The number of hydrogen-bond donors (Lipinski definition) is 0. The smallest absolute Gasteiger partial charge is 0.115 e. The first-order valence-electron chi connectivity index (χ1n) is 4.74. The van der Waals surface area contributed by atoms with E-state index in [2.05, 4.69) is 0 Å². The van der Waals surface area contributed by atoms with Crippen LogP contribution in [0.2, 0.25) is 0 Å². The lowest BCUT2D eigenvalue weighted by Gasteiger charge is -2.15. The third-order valence-corrected chi connectivity index (χ3v) is 2.65. The van der Waals surface area contributed by atoms with Crippen molar-refractivity contribution in [1.29, 1.82) is 0 Å². The van der Waals surface area contributed by atoms with Crippen LogP contribution in [0.25, 0.3) is 0 Å². The molecule has 2 saturated heterocycles. The Bertz CT molecular complexity index is 173. The van der Waals surface area contributed by atoms with Gasteiger partial charge in [-0.1, -0.05) is 0 Å². The molecule has 4 heteroatoms. The minimum atomic E-state index is 0.0709. The fourth-order valence-electron chi connectivity index (χ4n) is 1.99. The minimum Gasteiger partial charge on any atom is -0.376 e. The Kier molecular flexibility index (Phi) is 2.83. The average Bonchev–Trinajstić information content (AvgIpc) is 2.68. The average molecular weight is 188 g/mol. The standard InChI is InChI=1S/C9H16O4/c1-3-11-7-5-13-8-6(10-2)4-12-9(7)8/h6-9H,3-5H2,1-2H3/t6-,7+,8-,9-/m1/s1. The lowest BCUT2D eigenvalue weighted by Crippen LogP contribution is -2.33. The van der Waals surface area contributed by atoms with Gasteiger partial charge in [-0.05, 0) is 6.92 Å². The highest BCUT2D eigenvalue weighted by atomic mass is 16.6. The summed E-state index contributed by atoms with van der Waals surface area (Å²) in [5.41, 5.74) is 0. The van der Waals surface area contributed by atoms with Gasteiger partial charge < -0.3 is 18.9 Å². The fraction of sp³-hybridized carbons (Fsp3) is 1.00. The van der Waals surface area contributed by atoms with Crippen molar-refractivity contribution in [3.8, 4) is 0 Å². The first-order chi connectivity index (χ1) is 6.36. The predicted octanol–water partition coefficient (Wildman–Crippen LogP) is 0.204. The highest BCUT2D eigenvalue weighted by Gasteiger charge is 2.48. The van der Waals surface area contributed by atoms with Gasteiger partial charge in [-0.2, -0.15) is 0 Å². The quantitative estimate of drug-likeness (QED) is 0.634. The van der Waals surface area contributed by atoms with E-state index >= 15 is 0 Å². The number of ether oxygens (including phenoxy) is 4. The molecular formula is C9H16O4. The molecule has 0 saturated carbocycles. The van der Waals surface area contributed by atoms with Gasteiger partial charge in [0.15, 0.2) is 0 Å². The molecule has 2 rings (SSSR count). The molecule has 0 bridgehead atoms. The van der Waals surface area contributed by atoms with Crippen LogP contribution in [0.15, 0.2) is 0 Å². The van der Waals surface area contributed by atoms with Crippen molar-refractivity contribution < 1.29 is 18.9 Å². The van der Waals surface area contributed by atoms with E-state index in [9.17, 15) is 0 Å². The number of fused-ring (bicyclic) bond motifs is 1. The number of methoxy groups -OCH3 is 1. The van der Waals surface area contributed by atoms with Gasteiger partial charge in [0, 0.05) is 13.7 Å². The van der Waals surface area contributed by atoms with E-state index in [1.54, 1.807) is 7.11 Å². The van der Waals surface area contributed by atoms with E-state index < -0.39 is 0 Å². The Balaban J connectivity index is 1.95. The third-order valence-electron chi connectivity index (χ3n) is 2.65. The summed E-state index contributed by atoms with van der Waals surface area (Å²) in [6.45, 7) is 3.94. The van der Waals surface area contributed by atoms with Crippen LogP contribution in [0, 0.1) is 0 Å². The highest BCUT2D eigenvalue weighted by molar-refractivity contribution is 4.95. The Labute approximate surface area is 78.1 Å². The second-order valence-electron chi connectivity index (χ2n) is 3.36. The van der Waals surface area contributed by atoms with E-state index in [1.807, 2.05) is 6.92 Å². The Hall–Kier alpha value is -0.160. The SMILES string of the molecule is CCO[C@H]1CO[C@H]2[C@@H]1OC[C@H]2OC. The largest absolute Gasteiger partial charge is 0.376 e. The topological polar surface area (TPSA) is 36.9 Å². The summed E-state index contributed by atoms with van der Waals surface area (Å²) in [5, 5.41) is 0. The molecule has 76 valence electrons. The first kappa shape index (κ1) is 9.40. The van der Waals surface area contributed by atoms with Crippen molar-refractivity contribution in [2.45, 2.75) is 31.3 Å². The van der Waals surface area contributed by atoms with Crippen LogP contribution in [0.1, 0.15) is 6.92 Å². The third kappa shape index (κ3) is 1.59. The van der Waals surface area contributed by atoms with Crippen LogP contribution >= 0.6 is 0 Å². The van der Waals surface area contributed by atoms with Crippen LogP contribution in [-0.2, 0) is 18.9 Å². The lowest BCUT2D eigenvalue weighted by atomic mass is 10.1. The second-order valence-corrected chi connectivity index (χ2v) is 3.36. The molecule has 4 atom stereocenters. The normalized spacial score (nSPS) is 43.8. The minimum absolute atomic E-state index is 0.0709. The summed E-state index contributed by atoms with van der Waals surface area (Å²) in [6.07, 6.45) is 0.317. The van der Waals surface area contributed by atoms with E-state index in [0.29, 0.717) is 19.8 Å². The maximum atomic E-state index is 5.57. The molecule has 4 nitrogen and oxygen atoms in total. The van der Waals surface area contributed by atoms with E-state index in [0.717, 1.165) is 0 Å². The second kappa shape index (κ2) is 3.92. The lowest BCUT2D eigenvalue weighted by molar-refractivity contribution is -0.0383. The molecule has 0 N–H and O–H groups in total. The van der Waals surface area contributed by atoms with Gasteiger partial charge in [-0.25, -0.2) is 0 Å². The van der Waals surface area contributed by atoms with Crippen molar-refractivity contribution in [1.82, 2.24) is 0 Å². The van der Waals surface area contributed by atoms with E-state index in [4.69, 9.17) is 18.9 Å². The molecule has 0 amide bonds. The Morgan fingerprint density at radius 1 is 1.15 bits per heavy atom. The Morgan fingerprint density at radius 2 is 1.77 bits per heavy atom. The zero-order valence-electron chi connectivity index (χ0n) is 8.06. The molecule has 0 radical (unpaired) electrons. The van der Waals surface area contributed by atoms with Crippen molar-refractivity contribution in [3.63, 3.8) is 0 Å². The van der Waals surface area contributed by atoms with Crippen LogP contribution in [0.4, 0.5) is 0 Å². The van der Waals surface area contributed by atoms with Crippen LogP contribution in [0.3, 0.4) is 0 Å². The molecule has 0 aromatic rings. The monoisotopic (exact) mass is 188 g/mol. The van der Waals surface area contributed by atoms with E-state index in [1.165, 1.54) is 0 Å². The van der Waals surface area contributed by atoms with Gasteiger partial charge in [0.05, 0.1) is 13.2 Å². The van der Waals surface area contributed by atoms with Crippen molar-refractivity contribution in [3.05, 3.63) is 0 Å². The first-order valence-corrected chi connectivity index (χ1v) is 4.74. The van der Waals surface area contributed by atoms with Crippen molar-refractivity contribution in [2.75, 3.05) is 26.9 Å². The molecule has 0 aromatic heterocycles. The molecule has 2 aliphatic rings. The molecule has 2 fully saturated rings. The van der Waals surface area contributed by atoms with Gasteiger partial charge in [0.25, 0.3) is 0 Å². The van der Waals surface area contributed by atoms with Crippen molar-refractivity contribution in [2.24, 2.45) is 0 Å². The van der Waals surface area contributed by atoms with Gasteiger partial charge in [-0.15, -0.1) is 0 Å². The maximum Gasteiger partial charge on any atom is 0.115 e. The van der Waals surface area contributed by atoms with Crippen molar-refractivity contribution >= 4 is 0 Å². The molecule has 0 aliphatic carbocycles. The van der Waals surface area contributed by atoms with Crippen LogP contribution < -0.4 is 0 Å². The zero-order valence-corrected chi connectivity index (χ0v) is 8.06. The van der Waals surface area contributed by atoms with Gasteiger partial charge >= 0.3 is 0 Å². The molecule has 0 aromatic carbocycles. The molecule has 0 unspecified atom stereocenters.